The van der Waals surface area contributed by atoms with Crippen LogP contribution in [0.3, 0.4) is 0 Å². The Labute approximate surface area is 183 Å². The summed E-state index contributed by atoms with van der Waals surface area (Å²) in [5.41, 5.74) is 2.73. The molecule has 156 valence electrons. The summed E-state index contributed by atoms with van der Waals surface area (Å²) < 4.78 is 0. The van der Waals surface area contributed by atoms with E-state index in [1.54, 1.807) is 47.2 Å². The predicted octanol–water partition coefficient (Wildman–Crippen LogP) is 4.48. The van der Waals surface area contributed by atoms with Crippen LogP contribution in [0.15, 0.2) is 23.8 Å². The van der Waals surface area contributed by atoms with Crippen molar-refractivity contribution in [2.24, 2.45) is 0 Å². The maximum absolute atomic E-state index is 12.7. The summed E-state index contributed by atoms with van der Waals surface area (Å²) in [7, 11) is 0. The summed E-state index contributed by atoms with van der Waals surface area (Å²) in [4.78, 5) is 33.8. The number of piperidine rings is 1. The number of carbonyl (C=O) groups excluding carboxylic acids is 1. The lowest BCUT2D eigenvalue weighted by atomic mass is 9.94. The molecular weight excluding hydrogens is 416 g/mol. The zero-order chi connectivity index (χ0) is 21.1. The van der Waals surface area contributed by atoms with E-state index in [4.69, 9.17) is 0 Å². The highest BCUT2D eigenvalue weighted by molar-refractivity contribution is 7.15. The predicted molar refractivity (Wildman–Crippen MR) is 121 cm³/mol. The van der Waals surface area contributed by atoms with Crippen LogP contribution in [0.4, 0.5) is 10.9 Å². The largest absolute Gasteiger partial charge is 0.338 e. The van der Waals surface area contributed by atoms with Crippen molar-refractivity contribution in [1.29, 1.82) is 0 Å². The number of rotatable bonds is 5. The van der Waals surface area contributed by atoms with Gasteiger partial charge in [-0.05, 0) is 39.7 Å². The first kappa shape index (κ1) is 20.6. The minimum Gasteiger partial charge on any atom is -0.338 e. The Morgan fingerprint density at radius 3 is 2.80 bits per heavy atom. The number of nitrogens with one attached hydrogen (secondary N) is 1. The van der Waals surface area contributed by atoms with Gasteiger partial charge in [0.05, 0.1) is 22.1 Å². The average molecular weight is 441 g/mol. The quantitative estimate of drug-likeness (QED) is 0.589. The number of anilines is 2. The summed E-state index contributed by atoms with van der Waals surface area (Å²) in [6.45, 7) is 7.40. The number of hydrogen-bond donors (Lipinski definition) is 1. The Morgan fingerprint density at radius 1 is 1.23 bits per heavy atom. The number of carbonyl (C=O) groups is 1. The third kappa shape index (κ3) is 4.73. The first-order chi connectivity index (χ1) is 14.5. The second kappa shape index (κ2) is 9.01. The first-order valence-corrected chi connectivity index (χ1v) is 11.6. The highest BCUT2D eigenvalue weighted by atomic mass is 32.1. The van der Waals surface area contributed by atoms with E-state index in [0.29, 0.717) is 6.54 Å². The minimum absolute atomic E-state index is 0.00919. The van der Waals surface area contributed by atoms with Gasteiger partial charge >= 0.3 is 0 Å². The van der Waals surface area contributed by atoms with Crippen LogP contribution < -0.4 is 5.32 Å². The number of likely N-dealkylation sites (tertiary alicyclic amines) is 1. The van der Waals surface area contributed by atoms with E-state index in [-0.39, 0.29) is 11.8 Å². The highest BCUT2D eigenvalue weighted by Gasteiger charge is 2.27. The molecule has 0 aliphatic carbocycles. The third-order valence-corrected chi connectivity index (χ3v) is 6.91. The van der Waals surface area contributed by atoms with Crippen molar-refractivity contribution in [2.75, 3.05) is 18.4 Å². The van der Waals surface area contributed by atoms with Gasteiger partial charge in [-0.2, -0.15) is 0 Å². The van der Waals surface area contributed by atoms with Crippen LogP contribution in [0.2, 0.25) is 0 Å². The fourth-order valence-electron chi connectivity index (χ4n) is 3.49. The van der Waals surface area contributed by atoms with Crippen LogP contribution in [0.5, 0.6) is 0 Å². The maximum atomic E-state index is 12.7. The van der Waals surface area contributed by atoms with Crippen molar-refractivity contribution in [3.8, 4) is 0 Å². The molecule has 4 heterocycles. The minimum atomic E-state index is 0.00919. The molecule has 3 aromatic heterocycles. The number of hydrogen-bond acceptors (Lipinski definition) is 8. The lowest BCUT2D eigenvalue weighted by molar-refractivity contribution is -0.127. The van der Waals surface area contributed by atoms with E-state index < -0.39 is 0 Å². The number of aromatic nitrogens is 4. The van der Waals surface area contributed by atoms with Crippen molar-refractivity contribution in [2.45, 2.75) is 39.5 Å². The van der Waals surface area contributed by atoms with Gasteiger partial charge < -0.3 is 10.2 Å². The molecule has 9 heteroatoms. The van der Waals surface area contributed by atoms with Gasteiger partial charge in [0.2, 0.25) is 5.91 Å². The Bertz CT molecular complexity index is 1050. The van der Waals surface area contributed by atoms with Crippen molar-refractivity contribution >= 4 is 45.6 Å². The molecule has 3 aromatic rings. The van der Waals surface area contributed by atoms with Gasteiger partial charge in [-0.1, -0.05) is 0 Å². The van der Waals surface area contributed by atoms with Crippen molar-refractivity contribution in [3.05, 3.63) is 50.8 Å². The molecule has 0 bridgehead atoms. The summed E-state index contributed by atoms with van der Waals surface area (Å²) >= 11 is 3.19. The Kier molecular flexibility index (Phi) is 6.19. The monoisotopic (exact) mass is 440 g/mol. The topological polar surface area (TPSA) is 83.9 Å². The van der Waals surface area contributed by atoms with Crippen LogP contribution in [0.25, 0.3) is 6.08 Å². The average Bonchev–Trinajstić information content (AvgIpc) is 3.31. The Morgan fingerprint density at radius 2 is 2.07 bits per heavy atom. The second-order valence-electron chi connectivity index (χ2n) is 7.32. The van der Waals surface area contributed by atoms with Crippen LogP contribution >= 0.6 is 22.7 Å². The SMILES string of the molecule is Cc1nc(/C=C/C(=O)N2CCC[C@@H](c3nccnc3Nc3nc(C)c(C)s3)C2)cs1. The van der Waals surface area contributed by atoms with E-state index in [9.17, 15) is 4.79 Å². The number of aryl methyl sites for hydroxylation is 3. The third-order valence-electron chi connectivity index (χ3n) is 5.13. The van der Waals surface area contributed by atoms with Gasteiger partial charge in [-0.15, -0.1) is 22.7 Å². The molecule has 1 atom stereocenters. The zero-order valence-electron chi connectivity index (χ0n) is 17.3. The molecule has 7 nitrogen and oxygen atoms in total. The fraction of sp³-hybridized carbons (Fsp3) is 0.381. The zero-order valence-corrected chi connectivity index (χ0v) is 18.9. The van der Waals surface area contributed by atoms with E-state index in [1.807, 2.05) is 24.1 Å². The summed E-state index contributed by atoms with van der Waals surface area (Å²) in [6.07, 6.45) is 8.72. The van der Waals surface area contributed by atoms with Gasteiger partial charge in [-0.3, -0.25) is 9.78 Å². The normalized spacial score (nSPS) is 16.9. The van der Waals surface area contributed by atoms with Crippen LogP contribution in [-0.4, -0.2) is 43.8 Å². The Balaban J connectivity index is 1.48. The molecule has 1 N–H and O–H groups in total. The molecule has 0 saturated carbocycles. The molecule has 0 unspecified atom stereocenters. The number of amides is 1. The second-order valence-corrected chi connectivity index (χ2v) is 9.59. The van der Waals surface area contributed by atoms with E-state index in [2.05, 4.69) is 32.2 Å². The molecule has 4 rings (SSSR count). The fourth-order valence-corrected chi connectivity index (χ4v) is 4.88. The molecule has 0 aromatic carbocycles. The molecule has 1 fully saturated rings. The first-order valence-electron chi connectivity index (χ1n) is 9.90. The molecule has 1 aliphatic rings. The van der Waals surface area contributed by atoms with Crippen LogP contribution in [0.1, 0.15) is 45.7 Å². The van der Waals surface area contributed by atoms with Gasteiger partial charge in [0.25, 0.3) is 0 Å². The molecule has 1 aliphatic heterocycles. The molecular formula is C21H24N6OS2. The lowest BCUT2D eigenvalue weighted by Gasteiger charge is -2.32. The van der Waals surface area contributed by atoms with E-state index in [1.165, 1.54) is 4.88 Å². The van der Waals surface area contributed by atoms with Gasteiger partial charge in [-0.25, -0.2) is 15.0 Å². The van der Waals surface area contributed by atoms with Gasteiger partial charge in [0.1, 0.15) is 0 Å². The van der Waals surface area contributed by atoms with Crippen LogP contribution in [0, 0.1) is 20.8 Å². The number of thiazole rings is 2. The number of nitrogens with zero attached hydrogens (tertiary/aromatic N) is 5. The van der Waals surface area contributed by atoms with Crippen molar-refractivity contribution in [3.63, 3.8) is 0 Å². The van der Waals surface area contributed by atoms with Crippen LogP contribution in [-0.2, 0) is 4.79 Å². The summed E-state index contributed by atoms with van der Waals surface area (Å²) in [5, 5.41) is 7.10. The smallest absolute Gasteiger partial charge is 0.246 e. The van der Waals surface area contributed by atoms with Crippen molar-refractivity contribution < 1.29 is 4.79 Å². The molecule has 30 heavy (non-hydrogen) atoms. The highest BCUT2D eigenvalue weighted by Crippen LogP contribution is 2.32. The summed E-state index contributed by atoms with van der Waals surface area (Å²) in [5.74, 6) is 0.866. The Hall–Kier alpha value is -2.65. The standard InChI is InChI=1S/C21H24N6OS2/c1-13-14(2)30-21(24-13)26-20-19(22-8-9-23-20)16-5-4-10-27(11-16)18(28)7-6-17-12-29-15(3)25-17/h6-9,12,16H,4-5,10-11H2,1-3H3,(H,23,24,26)/b7-6+/t16-/m1/s1. The van der Waals surface area contributed by atoms with E-state index in [0.717, 1.165) is 52.4 Å². The molecule has 1 saturated heterocycles. The summed E-state index contributed by atoms with van der Waals surface area (Å²) in [6, 6.07) is 0. The van der Waals surface area contributed by atoms with Gasteiger partial charge in [0, 0.05) is 47.7 Å². The van der Waals surface area contributed by atoms with Crippen molar-refractivity contribution in [1.82, 2.24) is 24.8 Å². The van der Waals surface area contributed by atoms with Gasteiger partial charge in [0.15, 0.2) is 10.9 Å². The molecule has 1 amide bonds. The van der Waals surface area contributed by atoms with E-state index >= 15 is 0 Å². The molecule has 0 radical (unpaired) electrons. The lowest BCUT2D eigenvalue weighted by Crippen LogP contribution is -2.38. The molecule has 0 spiro atoms. The maximum Gasteiger partial charge on any atom is 0.246 e.